The molecule has 1 N–H and O–H groups in total. The molecule has 0 aliphatic carbocycles. The summed E-state index contributed by atoms with van der Waals surface area (Å²) in [5.41, 5.74) is 1.19. The topological polar surface area (TPSA) is 41.6 Å². The van der Waals surface area contributed by atoms with Crippen molar-refractivity contribution in [2.24, 2.45) is 0 Å². The summed E-state index contributed by atoms with van der Waals surface area (Å²) in [4.78, 5) is 15.1. The fraction of sp³-hybridized carbons (Fsp3) is 0.615. The lowest BCUT2D eigenvalue weighted by Gasteiger charge is -2.27. The van der Waals surface area contributed by atoms with Crippen molar-refractivity contribution in [3.05, 3.63) is 21.9 Å². The van der Waals surface area contributed by atoms with Crippen LogP contribution < -0.4 is 5.32 Å². The lowest BCUT2D eigenvalue weighted by molar-refractivity contribution is -0.173. The molecule has 0 saturated heterocycles. The van der Waals surface area contributed by atoms with Crippen molar-refractivity contribution in [2.75, 3.05) is 32.8 Å². The van der Waals surface area contributed by atoms with Crippen LogP contribution in [-0.2, 0) is 22.5 Å². The largest absolute Gasteiger partial charge is 0.411 e. The van der Waals surface area contributed by atoms with Gasteiger partial charge in [-0.15, -0.1) is 11.3 Å². The Kier molecular flexibility index (Phi) is 5.60. The number of fused-ring (bicyclic) bond motifs is 1. The van der Waals surface area contributed by atoms with Gasteiger partial charge in [-0.2, -0.15) is 13.2 Å². The number of carbonyl (C=O) groups excluding carboxylic acids is 1. The van der Waals surface area contributed by atoms with Crippen LogP contribution in [0.2, 0.25) is 0 Å². The third-order valence-electron chi connectivity index (χ3n) is 3.13. The van der Waals surface area contributed by atoms with Crippen molar-refractivity contribution in [3.63, 3.8) is 0 Å². The molecule has 2 heterocycles. The maximum atomic E-state index is 12.0. The van der Waals surface area contributed by atoms with Gasteiger partial charge in [0.2, 0.25) is 5.91 Å². The molecule has 4 nitrogen and oxygen atoms in total. The molecule has 0 saturated carbocycles. The number of halogens is 3. The molecule has 8 heteroatoms. The Morgan fingerprint density at radius 3 is 3.05 bits per heavy atom. The fourth-order valence-corrected chi connectivity index (χ4v) is 2.99. The van der Waals surface area contributed by atoms with Gasteiger partial charge in [0.05, 0.1) is 13.2 Å². The quantitative estimate of drug-likeness (QED) is 0.812. The molecule has 2 rings (SSSR count). The molecular formula is C13H17F3N2O2S. The average molecular weight is 322 g/mol. The standard InChI is InChI=1S/C13H17F3N2O2S/c14-13(15,16)9-20-5-3-17-7-12(19)18-4-1-11-10(8-18)2-6-21-11/h2,6,17H,1,3-5,7-9H2. The third kappa shape index (κ3) is 5.29. The lowest BCUT2D eigenvalue weighted by Crippen LogP contribution is -2.41. The number of hydrogen-bond acceptors (Lipinski definition) is 4. The van der Waals surface area contributed by atoms with Crippen LogP contribution in [0.25, 0.3) is 0 Å². The fourth-order valence-electron chi connectivity index (χ4n) is 2.10. The number of alkyl halides is 3. The van der Waals surface area contributed by atoms with E-state index < -0.39 is 12.8 Å². The van der Waals surface area contributed by atoms with E-state index in [9.17, 15) is 18.0 Å². The molecule has 0 aromatic carbocycles. The van der Waals surface area contributed by atoms with E-state index in [0.29, 0.717) is 13.1 Å². The summed E-state index contributed by atoms with van der Waals surface area (Å²) in [6.45, 7) is 0.327. The van der Waals surface area contributed by atoms with Crippen molar-refractivity contribution < 1.29 is 22.7 Å². The minimum atomic E-state index is -4.30. The summed E-state index contributed by atoms with van der Waals surface area (Å²) < 4.78 is 39.9. The van der Waals surface area contributed by atoms with Gasteiger partial charge in [-0.25, -0.2) is 0 Å². The number of rotatable bonds is 6. The normalized spacial score (nSPS) is 15.1. The van der Waals surface area contributed by atoms with E-state index in [1.165, 1.54) is 10.4 Å². The maximum absolute atomic E-state index is 12.0. The van der Waals surface area contributed by atoms with Gasteiger partial charge in [0.25, 0.3) is 0 Å². The summed E-state index contributed by atoms with van der Waals surface area (Å²) >= 11 is 1.71. The highest BCUT2D eigenvalue weighted by Crippen LogP contribution is 2.23. The number of thiophene rings is 1. The Bertz CT molecular complexity index is 476. The first-order valence-corrected chi connectivity index (χ1v) is 7.52. The number of hydrogen-bond donors (Lipinski definition) is 1. The van der Waals surface area contributed by atoms with Crippen LogP contribution >= 0.6 is 11.3 Å². The maximum Gasteiger partial charge on any atom is 0.411 e. The van der Waals surface area contributed by atoms with Crippen LogP contribution in [0.15, 0.2) is 11.4 Å². The Morgan fingerprint density at radius 2 is 2.29 bits per heavy atom. The van der Waals surface area contributed by atoms with Gasteiger partial charge in [0.1, 0.15) is 6.61 Å². The number of ether oxygens (including phenoxy) is 1. The molecule has 0 unspecified atom stereocenters. The van der Waals surface area contributed by atoms with Gasteiger partial charge in [-0.3, -0.25) is 4.79 Å². The molecular weight excluding hydrogens is 305 g/mol. The first-order valence-electron chi connectivity index (χ1n) is 6.64. The van der Waals surface area contributed by atoms with Gasteiger partial charge in [-0.05, 0) is 23.4 Å². The zero-order valence-corrected chi connectivity index (χ0v) is 12.2. The Morgan fingerprint density at radius 1 is 1.48 bits per heavy atom. The van der Waals surface area contributed by atoms with Gasteiger partial charge in [-0.1, -0.05) is 0 Å². The molecule has 0 bridgehead atoms. The highest BCUT2D eigenvalue weighted by molar-refractivity contribution is 7.10. The second-order valence-electron chi connectivity index (χ2n) is 4.78. The Labute approximate surface area is 124 Å². The van der Waals surface area contributed by atoms with E-state index in [4.69, 9.17) is 0 Å². The van der Waals surface area contributed by atoms with Crippen LogP contribution in [-0.4, -0.2) is 49.8 Å². The lowest BCUT2D eigenvalue weighted by atomic mass is 10.1. The minimum absolute atomic E-state index is 0.0392. The molecule has 1 aromatic rings. The minimum Gasteiger partial charge on any atom is -0.371 e. The predicted octanol–water partition coefficient (Wildman–Crippen LogP) is 1.80. The Hall–Kier alpha value is -1.12. The van der Waals surface area contributed by atoms with E-state index >= 15 is 0 Å². The van der Waals surface area contributed by atoms with E-state index in [0.717, 1.165) is 6.42 Å². The predicted molar refractivity (Wildman–Crippen MR) is 73.2 cm³/mol. The van der Waals surface area contributed by atoms with Crippen LogP contribution in [0.5, 0.6) is 0 Å². The molecule has 0 atom stereocenters. The number of nitrogens with one attached hydrogen (secondary N) is 1. The van der Waals surface area contributed by atoms with Gasteiger partial charge >= 0.3 is 6.18 Å². The smallest absolute Gasteiger partial charge is 0.371 e. The van der Waals surface area contributed by atoms with Crippen molar-refractivity contribution in [2.45, 2.75) is 19.1 Å². The second-order valence-corrected chi connectivity index (χ2v) is 5.78. The number of carbonyl (C=O) groups is 1. The van der Waals surface area contributed by atoms with Crippen LogP contribution in [0.1, 0.15) is 10.4 Å². The molecule has 1 aliphatic rings. The van der Waals surface area contributed by atoms with E-state index in [-0.39, 0.29) is 25.6 Å². The van der Waals surface area contributed by atoms with Gasteiger partial charge < -0.3 is 15.0 Å². The summed E-state index contributed by atoms with van der Waals surface area (Å²) in [6.07, 6.45) is -3.44. The number of nitrogens with zero attached hydrogens (tertiary/aromatic N) is 1. The van der Waals surface area contributed by atoms with Gasteiger partial charge in [0.15, 0.2) is 0 Å². The van der Waals surface area contributed by atoms with Crippen molar-refractivity contribution in [1.82, 2.24) is 10.2 Å². The van der Waals surface area contributed by atoms with Crippen LogP contribution in [0.3, 0.4) is 0 Å². The summed E-state index contributed by atoms with van der Waals surface area (Å²) in [5.74, 6) is -0.0392. The highest BCUT2D eigenvalue weighted by atomic mass is 32.1. The van der Waals surface area contributed by atoms with Crippen molar-refractivity contribution in [3.8, 4) is 0 Å². The molecule has 118 valence electrons. The zero-order chi connectivity index (χ0) is 15.3. The summed E-state index contributed by atoms with van der Waals surface area (Å²) in [7, 11) is 0. The molecule has 1 amide bonds. The summed E-state index contributed by atoms with van der Waals surface area (Å²) in [5, 5.41) is 4.83. The third-order valence-corrected chi connectivity index (χ3v) is 4.15. The molecule has 21 heavy (non-hydrogen) atoms. The molecule has 1 aliphatic heterocycles. The molecule has 0 fully saturated rings. The molecule has 0 radical (unpaired) electrons. The first kappa shape index (κ1) is 16.3. The van der Waals surface area contributed by atoms with Crippen molar-refractivity contribution in [1.29, 1.82) is 0 Å². The summed E-state index contributed by atoms with van der Waals surface area (Å²) in [6, 6.07) is 2.03. The van der Waals surface area contributed by atoms with E-state index in [1.54, 1.807) is 16.2 Å². The zero-order valence-electron chi connectivity index (χ0n) is 11.4. The second kappa shape index (κ2) is 7.24. The molecule has 0 spiro atoms. The van der Waals surface area contributed by atoms with Gasteiger partial charge in [0, 0.05) is 24.5 Å². The Balaban J connectivity index is 1.60. The van der Waals surface area contributed by atoms with E-state index in [1.807, 2.05) is 11.4 Å². The average Bonchev–Trinajstić information content (AvgIpc) is 2.88. The highest BCUT2D eigenvalue weighted by Gasteiger charge is 2.27. The first-order chi connectivity index (χ1) is 9.96. The SMILES string of the molecule is O=C(CNCCOCC(F)(F)F)N1CCc2sccc2C1. The van der Waals surface area contributed by atoms with Crippen LogP contribution in [0.4, 0.5) is 13.2 Å². The monoisotopic (exact) mass is 322 g/mol. The van der Waals surface area contributed by atoms with E-state index in [2.05, 4.69) is 10.1 Å². The van der Waals surface area contributed by atoms with Crippen LogP contribution in [0, 0.1) is 0 Å². The number of amides is 1. The molecule has 1 aromatic heterocycles. The van der Waals surface area contributed by atoms with Crippen molar-refractivity contribution >= 4 is 17.2 Å².